The minimum Gasteiger partial charge on any atom is -0.481 e. The minimum absolute atomic E-state index is 0.208. The summed E-state index contributed by atoms with van der Waals surface area (Å²) in [4.78, 5) is 12.1. The molecule has 3 aromatic carbocycles. The number of halogens is 1. The number of carbonyl (C=O) groups is 1. The highest BCUT2D eigenvalue weighted by Crippen LogP contribution is 2.23. The molecule has 5 heteroatoms. The van der Waals surface area contributed by atoms with Crippen LogP contribution in [-0.4, -0.2) is 12.6 Å². The maximum Gasteiger partial charge on any atom is 0.349 e. The third kappa shape index (κ3) is 5.12. The van der Waals surface area contributed by atoms with Crippen LogP contribution < -0.4 is 9.47 Å². The van der Waals surface area contributed by atoms with Crippen molar-refractivity contribution in [2.24, 2.45) is 0 Å². The molecule has 0 heterocycles. The molecule has 0 N–H and O–H groups in total. The van der Waals surface area contributed by atoms with Crippen LogP contribution in [0.5, 0.6) is 11.5 Å². The van der Waals surface area contributed by atoms with Crippen molar-refractivity contribution in [2.45, 2.75) is 13.8 Å². The van der Waals surface area contributed by atoms with Crippen molar-refractivity contribution in [3.63, 3.8) is 0 Å². The molecule has 30 heavy (non-hydrogen) atoms. The number of carbonyl (C=O) groups excluding carboxylic acids is 1. The van der Waals surface area contributed by atoms with Gasteiger partial charge in [0.15, 0.2) is 6.61 Å². The van der Waals surface area contributed by atoms with E-state index in [9.17, 15) is 14.4 Å². The number of para-hydroxylation sites is 1. The maximum atomic E-state index is 13.9. The number of allylic oxidation sites excluding steroid dienone is 1. The first-order chi connectivity index (χ1) is 14.5. The van der Waals surface area contributed by atoms with Crippen molar-refractivity contribution >= 4 is 17.6 Å². The molecule has 0 bridgehead atoms. The van der Waals surface area contributed by atoms with Crippen molar-refractivity contribution in [3.05, 3.63) is 94.8 Å². The van der Waals surface area contributed by atoms with Gasteiger partial charge in [-0.1, -0.05) is 48.5 Å². The fraction of sp³-hybridized carbons (Fsp3) is 0.120. The summed E-state index contributed by atoms with van der Waals surface area (Å²) in [5, 5.41) is 9.36. The Balaban J connectivity index is 1.65. The smallest absolute Gasteiger partial charge is 0.349 e. The first-order valence-electron chi connectivity index (χ1n) is 9.34. The van der Waals surface area contributed by atoms with Gasteiger partial charge in [0.2, 0.25) is 0 Å². The van der Waals surface area contributed by atoms with Crippen LogP contribution >= 0.6 is 0 Å². The number of esters is 1. The van der Waals surface area contributed by atoms with Crippen molar-refractivity contribution in [3.8, 4) is 17.6 Å². The largest absolute Gasteiger partial charge is 0.481 e. The van der Waals surface area contributed by atoms with Crippen molar-refractivity contribution < 1.29 is 18.7 Å². The lowest BCUT2D eigenvalue weighted by atomic mass is 10.0. The standard InChI is InChI=1S/C25H20FNO3/c1-17-6-5-7-18(2)25(17)29-16-24(28)30-21-12-10-19(11-13-21)14-20(15-27)22-8-3-4-9-23(22)26/h3-14H,16H2,1-2H3/b20-14-. The quantitative estimate of drug-likeness (QED) is 0.237. The molecule has 0 fully saturated rings. The van der Waals surface area contributed by atoms with Crippen molar-refractivity contribution in [1.29, 1.82) is 5.26 Å². The Labute approximate surface area is 174 Å². The number of benzene rings is 3. The zero-order valence-electron chi connectivity index (χ0n) is 16.7. The van der Waals surface area contributed by atoms with E-state index in [-0.39, 0.29) is 17.7 Å². The van der Waals surface area contributed by atoms with E-state index in [2.05, 4.69) is 0 Å². The molecule has 150 valence electrons. The zero-order chi connectivity index (χ0) is 21.5. The van der Waals surface area contributed by atoms with Crippen LogP contribution in [0.1, 0.15) is 22.3 Å². The van der Waals surface area contributed by atoms with Crippen LogP contribution in [0.3, 0.4) is 0 Å². The summed E-state index contributed by atoms with van der Waals surface area (Å²) in [6.07, 6.45) is 1.58. The van der Waals surface area contributed by atoms with Gasteiger partial charge in [-0.05, 0) is 54.8 Å². The first-order valence-corrected chi connectivity index (χ1v) is 9.34. The third-order valence-electron chi connectivity index (χ3n) is 4.45. The van der Waals surface area contributed by atoms with Gasteiger partial charge in [0.05, 0.1) is 11.6 Å². The number of rotatable bonds is 6. The van der Waals surface area contributed by atoms with Gasteiger partial charge in [0.25, 0.3) is 0 Å². The highest BCUT2D eigenvalue weighted by atomic mass is 19.1. The van der Waals surface area contributed by atoms with Crippen molar-refractivity contribution in [2.75, 3.05) is 6.61 Å². The SMILES string of the molecule is Cc1cccc(C)c1OCC(=O)Oc1ccc(/C=C(/C#N)c2ccccc2F)cc1. The normalized spacial score (nSPS) is 10.9. The molecule has 3 aromatic rings. The van der Waals surface area contributed by atoms with Gasteiger partial charge in [0.1, 0.15) is 17.3 Å². The molecule has 0 unspecified atom stereocenters. The zero-order valence-corrected chi connectivity index (χ0v) is 16.7. The lowest BCUT2D eigenvalue weighted by Crippen LogP contribution is -2.18. The fourth-order valence-electron chi connectivity index (χ4n) is 2.97. The summed E-state index contributed by atoms with van der Waals surface area (Å²) in [5.41, 5.74) is 3.02. The average molecular weight is 401 g/mol. The summed E-state index contributed by atoms with van der Waals surface area (Å²) in [6.45, 7) is 3.62. The second-order valence-corrected chi connectivity index (χ2v) is 6.70. The second kappa shape index (κ2) is 9.53. The van der Waals surface area contributed by atoms with E-state index in [0.717, 1.165) is 11.1 Å². The van der Waals surface area contributed by atoms with E-state index in [1.165, 1.54) is 6.07 Å². The van der Waals surface area contributed by atoms with E-state index in [1.54, 1.807) is 48.5 Å². The number of hydrogen-bond acceptors (Lipinski definition) is 4. The molecule has 0 atom stereocenters. The van der Waals surface area contributed by atoms with Gasteiger partial charge in [-0.15, -0.1) is 0 Å². The number of nitriles is 1. The molecule has 0 aliphatic rings. The van der Waals surface area contributed by atoms with E-state index in [1.807, 2.05) is 38.1 Å². The third-order valence-corrected chi connectivity index (χ3v) is 4.45. The Morgan fingerprint density at radius 3 is 2.30 bits per heavy atom. The van der Waals surface area contributed by atoms with Gasteiger partial charge in [-0.25, -0.2) is 9.18 Å². The summed E-state index contributed by atoms with van der Waals surface area (Å²) in [7, 11) is 0. The maximum absolute atomic E-state index is 13.9. The van der Waals surface area contributed by atoms with Crippen LogP contribution in [0, 0.1) is 31.0 Å². The van der Waals surface area contributed by atoms with E-state index < -0.39 is 11.8 Å². The van der Waals surface area contributed by atoms with E-state index >= 15 is 0 Å². The summed E-state index contributed by atoms with van der Waals surface area (Å²) < 4.78 is 24.8. The molecule has 0 spiro atoms. The Morgan fingerprint density at radius 1 is 1.00 bits per heavy atom. The molecule has 3 rings (SSSR count). The lowest BCUT2D eigenvalue weighted by molar-refractivity contribution is -0.136. The Hall–Kier alpha value is -3.91. The number of aryl methyl sites for hydroxylation is 2. The van der Waals surface area contributed by atoms with E-state index in [4.69, 9.17) is 9.47 Å². The highest BCUT2D eigenvalue weighted by Gasteiger charge is 2.10. The predicted octanol–water partition coefficient (Wildman–Crippen LogP) is 5.49. The van der Waals surface area contributed by atoms with Gasteiger partial charge in [-0.3, -0.25) is 0 Å². The Bertz CT molecular complexity index is 1110. The molecule has 4 nitrogen and oxygen atoms in total. The number of nitrogens with zero attached hydrogens (tertiary/aromatic N) is 1. The molecule has 0 aliphatic heterocycles. The molecular weight excluding hydrogens is 381 g/mol. The monoisotopic (exact) mass is 401 g/mol. The van der Waals surface area contributed by atoms with Crippen LogP contribution in [0.4, 0.5) is 4.39 Å². The molecular formula is C25H20FNO3. The predicted molar refractivity (Wildman–Crippen MR) is 113 cm³/mol. The van der Waals surface area contributed by atoms with Gasteiger partial charge < -0.3 is 9.47 Å². The first kappa shape index (κ1) is 20.8. The van der Waals surface area contributed by atoms with Crippen LogP contribution in [-0.2, 0) is 4.79 Å². The van der Waals surface area contributed by atoms with Gasteiger partial charge >= 0.3 is 5.97 Å². The molecule has 0 amide bonds. The molecule has 0 aliphatic carbocycles. The molecule has 0 radical (unpaired) electrons. The summed E-state index contributed by atoms with van der Waals surface area (Å²) in [6, 6.07) is 20.5. The van der Waals surface area contributed by atoms with E-state index in [0.29, 0.717) is 17.1 Å². The van der Waals surface area contributed by atoms with Gasteiger partial charge in [0, 0.05) is 5.56 Å². The average Bonchev–Trinajstić information content (AvgIpc) is 2.73. The van der Waals surface area contributed by atoms with Gasteiger partial charge in [-0.2, -0.15) is 5.26 Å². The van der Waals surface area contributed by atoms with Crippen LogP contribution in [0.2, 0.25) is 0 Å². The van der Waals surface area contributed by atoms with Crippen LogP contribution in [0.25, 0.3) is 11.6 Å². The topological polar surface area (TPSA) is 59.3 Å². The van der Waals surface area contributed by atoms with Crippen molar-refractivity contribution in [1.82, 2.24) is 0 Å². The summed E-state index contributed by atoms with van der Waals surface area (Å²) in [5.74, 6) is 0.0449. The number of ether oxygens (including phenoxy) is 2. The molecule has 0 saturated heterocycles. The molecule has 0 saturated carbocycles. The lowest BCUT2D eigenvalue weighted by Gasteiger charge is -2.11. The second-order valence-electron chi connectivity index (χ2n) is 6.70. The minimum atomic E-state index is -0.523. The summed E-state index contributed by atoms with van der Waals surface area (Å²) >= 11 is 0. The Morgan fingerprint density at radius 2 is 1.67 bits per heavy atom. The molecule has 0 aromatic heterocycles. The van der Waals surface area contributed by atoms with Crippen LogP contribution in [0.15, 0.2) is 66.7 Å². The fourth-order valence-corrected chi connectivity index (χ4v) is 2.97. The highest BCUT2D eigenvalue weighted by molar-refractivity contribution is 5.89. The Kier molecular flexibility index (Phi) is 6.61. The number of hydrogen-bond donors (Lipinski definition) is 0.